The topological polar surface area (TPSA) is 128 Å². The van der Waals surface area contributed by atoms with Crippen LogP contribution in [-0.2, 0) is 61.0 Å². The summed E-state index contributed by atoms with van der Waals surface area (Å²) in [6.45, 7) is 16.4. The summed E-state index contributed by atoms with van der Waals surface area (Å²) in [6.07, 6.45) is 0.233. The van der Waals surface area contributed by atoms with E-state index in [1.807, 2.05) is 6.92 Å². The molecule has 0 aliphatic carbocycles. The molecule has 0 aromatic heterocycles. The van der Waals surface area contributed by atoms with Crippen LogP contribution >= 0.6 is 7.60 Å². The van der Waals surface area contributed by atoms with E-state index >= 15 is 0 Å². The summed E-state index contributed by atoms with van der Waals surface area (Å²) in [4.78, 5) is 0. The second-order valence-electron chi connectivity index (χ2n) is 7.88. The molecule has 0 aromatic carbocycles. The molecule has 0 rings (SSSR count). The van der Waals surface area contributed by atoms with Gasteiger partial charge in [-0.15, -0.1) is 0 Å². The molecule has 0 aliphatic heterocycles. The second kappa shape index (κ2) is 33.3. The summed E-state index contributed by atoms with van der Waals surface area (Å²) in [5, 5.41) is 0. The van der Waals surface area contributed by atoms with Crippen LogP contribution in [0.4, 0.5) is 0 Å². The highest BCUT2D eigenvalue weighted by Gasteiger charge is 2.22. The molecular formula is C26H55O13P. The summed E-state index contributed by atoms with van der Waals surface area (Å²) < 4.78 is 76.7. The smallest absolute Gasteiger partial charge is 0.332 e. The Labute approximate surface area is 241 Å². The molecule has 0 saturated carbocycles. The van der Waals surface area contributed by atoms with Crippen molar-refractivity contribution in [3.8, 4) is 0 Å². The maximum absolute atomic E-state index is 12.3. The fourth-order valence-corrected chi connectivity index (χ4v) is 4.33. The zero-order chi connectivity index (χ0) is 29.2. The van der Waals surface area contributed by atoms with Gasteiger partial charge in [0.1, 0.15) is 0 Å². The third-order valence-electron chi connectivity index (χ3n) is 4.71. The first kappa shape index (κ1) is 39.8. The van der Waals surface area contributed by atoms with Gasteiger partial charge < -0.3 is 56.4 Å². The van der Waals surface area contributed by atoms with Crippen molar-refractivity contribution in [2.45, 2.75) is 20.8 Å². The van der Waals surface area contributed by atoms with Gasteiger partial charge in [-0.05, 0) is 20.8 Å². The molecule has 0 unspecified atom stereocenters. The van der Waals surface area contributed by atoms with Crippen molar-refractivity contribution in [2.24, 2.45) is 0 Å². The van der Waals surface area contributed by atoms with Gasteiger partial charge in [0.15, 0.2) is 0 Å². The van der Waals surface area contributed by atoms with Crippen molar-refractivity contribution in [1.82, 2.24) is 0 Å². The molecule has 40 heavy (non-hydrogen) atoms. The van der Waals surface area contributed by atoms with E-state index in [2.05, 4.69) is 0 Å². The Morgan fingerprint density at radius 2 is 0.550 bits per heavy atom. The molecule has 0 saturated heterocycles. The molecule has 0 amide bonds. The average molecular weight is 607 g/mol. The van der Waals surface area contributed by atoms with Crippen molar-refractivity contribution in [1.29, 1.82) is 0 Å². The Morgan fingerprint density at radius 3 is 0.775 bits per heavy atom. The lowest BCUT2D eigenvalue weighted by molar-refractivity contribution is -0.0261. The lowest BCUT2D eigenvalue weighted by Gasteiger charge is -2.16. The number of ether oxygens (including phenoxy) is 10. The first-order chi connectivity index (χ1) is 19.7. The summed E-state index contributed by atoms with van der Waals surface area (Å²) in [7, 11) is -3.04. The van der Waals surface area contributed by atoms with Crippen molar-refractivity contribution >= 4 is 7.60 Å². The Kier molecular flexibility index (Phi) is 33.0. The van der Waals surface area contributed by atoms with Gasteiger partial charge in [0.05, 0.1) is 145 Å². The van der Waals surface area contributed by atoms with Crippen molar-refractivity contribution < 1.29 is 61.0 Å². The van der Waals surface area contributed by atoms with Gasteiger partial charge in [-0.2, -0.15) is 0 Å². The Bertz CT molecular complexity index is 521. The van der Waals surface area contributed by atoms with E-state index in [-0.39, 0.29) is 6.16 Å². The molecule has 242 valence electrons. The third-order valence-corrected chi connectivity index (χ3v) is 6.75. The molecule has 0 aliphatic rings. The Balaban J connectivity index is 3.15. The molecule has 14 heteroatoms. The molecule has 0 bridgehead atoms. The van der Waals surface area contributed by atoms with Gasteiger partial charge >= 0.3 is 7.60 Å². The zero-order valence-corrected chi connectivity index (χ0v) is 25.9. The highest BCUT2D eigenvalue weighted by Crippen LogP contribution is 2.47. The molecule has 0 N–H and O–H groups in total. The highest BCUT2D eigenvalue weighted by atomic mass is 31.2. The lowest BCUT2D eigenvalue weighted by atomic mass is 10.6. The molecule has 13 nitrogen and oxygen atoms in total. The fourth-order valence-electron chi connectivity index (χ4n) is 2.86. The molecule has 0 radical (unpaired) electrons. The third kappa shape index (κ3) is 30.7. The fraction of sp³-hybridized carbons (Fsp3) is 1.00. The molecule has 0 aromatic rings. The predicted molar refractivity (Wildman–Crippen MR) is 150 cm³/mol. The SMILES string of the molecule is CCOCCOCCOCCOCCOCCOCCOCCOCCOCCOCCP(=O)(OCC)OCC. The van der Waals surface area contributed by atoms with Gasteiger partial charge in [0.25, 0.3) is 0 Å². The summed E-state index contributed by atoms with van der Waals surface area (Å²) in [5.41, 5.74) is 0. The number of rotatable bonds is 35. The van der Waals surface area contributed by atoms with E-state index in [9.17, 15) is 4.57 Å². The van der Waals surface area contributed by atoms with Crippen molar-refractivity contribution in [3.05, 3.63) is 0 Å². The second-order valence-corrected chi connectivity index (χ2v) is 10.1. The standard InChI is InChI=1S/C26H55O13P/c1-4-28-7-8-29-9-10-30-11-12-31-13-14-32-15-16-33-17-18-34-19-20-35-21-22-36-23-24-37-25-26-40(27,38-5-2)39-6-3/h4-26H2,1-3H3. The predicted octanol–water partition coefficient (Wildman–Crippen LogP) is 2.44. The molecule has 0 fully saturated rings. The molecule has 0 spiro atoms. The Morgan fingerprint density at radius 1 is 0.325 bits per heavy atom. The summed E-state index contributed by atoms with van der Waals surface area (Å²) in [6, 6.07) is 0. The minimum absolute atomic E-state index is 0.233. The van der Waals surface area contributed by atoms with Crippen LogP contribution in [0.3, 0.4) is 0 Å². The van der Waals surface area contributed by atoms with Crippen molar-refractivity contribution in [3.63, 3.8) is 0 Å². The van der Waals surface area contributed by atoms with Crippen LogP contribution in [0.1, 0.15) is 20.8 Å². The van der Waals surface area contributed by atoms with Crippen LogP contribution in [0.15, 0.2) is 0 Å². The van der Waals surface area contributed by atoms with E-state index in [0.29, 0.717) is 145 Å². The van der Waals surface area contributed by atoms with E-state index in [1.165, 1.54) is 0 Å². The largest absolute Gasteiger partial charge is 0.379 e. The lowest BCUT2D eigenvalue weighted by Crippen LogP contribution is -2.15. The van der Waals surface area contributed by atoms with Crippen LogP contribution in [-0.4, -0.2) is 152 Å². The summed E-state index contributed by atoms with van der Waals surface area (Å²) in [5.74, 6) is 0. The number of hydrogen-bond donors (Lipinski definition) is 0. The zero-order valence-electron chi connectivity index (χ0n) is 25.0. The molecule has 0 heterocycles. The maximum atomic E-state index is 12.3. The van der Waals surface area contributed by atoms with Crippen LogP contribution in [0.5, 0.6) is 0 Å². The van der Waals surface area contributed by atoms with E-state index in [0.717, 1.165) is 0 Å². The van der Waals surface area contributed by atoms with E-state index in [1.54, 1.807) is 13.8 Å². The van der Waals surface area contributed by atoms with Gasteiger partial charge in [0, 0.05) is 6.61 Å². The van der Waals surface area contributed by atoms with Crippen LogP contribution in [0, 0.1) is 0 Å². The van der Waals surface area contributed by atoms with Crippen LogP contribution < -0.4 is 0 Å². The first-order valence-corrected chi connectivity index (χ1v) is 16.1. The monoisotopic (exact) mass is 606 g/mol. The minimum atomic E-state index is -3.04. The Hall–Kier alpha value is -0.250. The van der Waals surface area contributed by atoms with Crippen LogP contribution in [0.2, 0.25) is 0 Å². The van der Waals surface area contributed by atoms with Gasteiger partial charge in [-0.3, -0.25) is 4.57 Å². The highest BCUT2D eigenvalue weighted by molar-refractivity contribution is 7.53. The quantitative estimate of drug-likeness (QED) is 0.0775. The average Bonchev–Trinajstić information content (AvgIpc) is 2.94. The number of hydrogen-bond acceptors (Lipinski definition) is 13. The normalized spacial score (nSPS) is 12.0. The van der Waals surface area contributed by atoms with Gasteiger partial charge in [-0.1, -0.05) is 0 Å². The molecule has 0 atom stereocenters. The van der Waals surface area contributed by atoms with E-state index < -0.39 is 7.60 Å². The summed E-state index contributed by atoms with van der Waals surface area (Å²) >= 11 is 0. The van der Waals surface area contributed by atoms with Crippen LogP contribution in [0.25, 0.3) is 0 Å². The van der Waals surface area contributed by atoms with Gasteiger partial charge in [0.2, 0.25) is 0 Å². The van der Waals surface area contributed by atoms with Crippen molar-refractivity contribution in [2.75, 3.05) is 152 Å². The van der Waals surface area contributed by atoms with E-state index in [4.69, 9.17) is 56.4 Å². The minimum Gasteiger partial charge on any atom is -0.379 e. The van der Waals surface area contributed by atoms with Gasteiger partial charge in [-0.25, -0.2) is 0 Å². The first-order valence-electron chi connectivity index (χ1n) is 14.3. The molecular weight excluding hydrogens is 551 g/mol. The maximum Gasteiger partial charge on any atom is 0.332 e.